The number of fused-ring (bicyclic) bond motifs is 1. The third-order valence-corrected chi connectivity index (χ3v) is 6.24. The number of nitrogens with one attached hydrogen (secondary N) is 1. The molecule has 1 aromatic carbocycles. The van der Waals surface area contributed by atoms with Crippen LogP contribution in [0.2, 0.25) is 0 Å². The number of hydrogen-bond donors (Lipinski definition) is 1. The van der Waals surface area contributed by atoms with Gasteiger partial charge in [-0.2, -0.15) is 4.98 Å². The Hall–Kier alpha value is -2.89. The van der Waals surface area contributed by atoms with Gasteiger partial charge in [-0.15, -0.1) is 0 Å². The minimum Gasteiger partial charge on any atom is -0.443 e. The van der Waals surface area contributed by atoms with E-state index in [-0.39, 0.29) is 11.8 Å². The van der Waals surface area contributed by atoms with E-state index in [2.05, 4.69) is 41.2 Å². The zero-order valence-electron chi connectivity index (χ0n) is 18.2. The van der Waals surface area contributed by atoms with Crippen molar-refractivity contribution in [2.24, 2.45) is 5.92 Å². The predicted octanol–water partition coefficient (Wildman–Crippen LogP) is 4.28. The molecule has 0 aliphatic carbocycles. The molecule has 1 aliphatic rings. The van der Waals surface area contributed by atoms with Gasteiger partial charge in [0.05, 0.1) is 5.39 Å². The number of hydrogen-bond acceptors (Lipinski definition) is 5. The highest BCUT2D eigenvalue weighted by Gasteiger charge is 2.28. The van der Waals surface area contributed by atoms with Gasteiger partial charge in [0, 0.05) is 31.1 Å². The largest absolute Gasteiger partial charge is 0.443 e. The summed E-state index contributed by atoms with van der Waals surface area (Å²) in [7, 11) is 0. The Morgan fingerprint density at radius 2 is 1.87 bits per heavy atom. The summed E-state index contributed by atoms with van der Waals surface area (Å²) in [5, 5.41) is 4.16. The quantitative estimate of drug-likeness (QED) is 0.685. The molecule has 0 bridgehead atoms. The maximum atomic E-state index is 12.7. The molecule has 1 fully saturated rings. The molecule has 30 heavy (non-hydrogen) atoms. The first-order valence-electron chi connectivity index (χ1n) is 10.8. The summed E-state index contributed by atoms with van der Waals surface area (Å²) in [5.41, 5.74) is 3.00. The number of nitrogens with zero attached hydrogens (tertiary/aromatic N) is 3. The molecular weight excluding hydrogens is 376 g/mol. The van der Waals surface area contributed by atoms with Crippen molar-refractivity contribution >= 4 is 22.8 Å². The molecule has 0 saturated carbocycles. The SMILES string of the molecule is Cc1nc(N2CCC(C(=O)NCC(C)c3ccccc3)CC2)c2c(C)c(C)oc2n1. The molecule has 0 spiro atoms. The molecule has 4 rings (SSSR count). The molecule has 1 N–H and O–H groups in total. The molecule has 3 heterocycles. The summed E-state index contributed by atoms with van der Waals surface area (Å²) in [6, 6.07) is 10.3. The van der Waals surface area contributed by atoms with Crippen LogP contribution in [0.1, 0.15) is 48.4 Å². The zero-order valence-corrected chi connectivity index (χ0v) is 18.2. The number of benzene rings is 1. The van der Waals surface area contributed by atoms with Gasteiger partial charge >= 0.3 is 0 Å². The number of aryl methyl sites for hydroxylation is 3. The van der Waals surface area contributed by atoms with Crippen molar-refractivity contribution in [3.63, 3.8) is 0 Å². The molecule has 1 saturated heterocycles. The summed E-state index contributed by atoms with van der Waals surface area (Å²) in [6.07, 6.45) is 1.65. The fourth-order valence-corrected chi connectivity index (χ4v) is 4.21. The standard InChI is InChI=1S/C24H30N4O2/c1-15(19-8-6-5-7-9-19)14-25-23(29)20-10-12-28(13-11-20)22-21-16(2)17(3)30-24(21)27-18(4)26-22/h5-9,15,20H,10-14H2,1-4H3,(H,25,29). The molecule has 1 unspecified atom stereocenters. The maximum absolute atomic E-state index is 12.7. The van der Waals surface area contributed by atoms with Gasteiger partial charge in [-0.3, -0.25) is 4.79 Å². The number of anilines is 1. The van der Waals surface area contributed by atoms with Gasteiger partial charge in [-0.25, -0.2) is 4.98 Å². The second-order valence-electron chi connectivity index (χ2n) is 8.38. The number of piperidine rings is 1. The topological polar surface area (TPSA) is 71.3 Å². The molecule has 6 heteroatoms. The summed E-state index contributed by atoms with van der Waals surface area (Å²) in [6.45, 7) is 10.3. The Labute approximate surface area is 177 Å². The third kappa shape index (κ3) is 4.04. The van der Waals surface area contributed by atoms with Crippen LogP contribution in [0.4, 0.5) is 5.82 Å². The Bertz CT molecular complexity index is 1040. The summed E-state index contributed by atoms with van der Waals surface area (Å²) in [4.78, 5) is 24.2. The van der Waals surface area contributed by atoms with Gasteiger partial charge in [0.15, 0.2) is 0 Å². The average Bonchev–Trinajstić information content (AvgIpc) is 3.05. The van der Waals surface area contributed by atoms with Gasteiger partial charge in [0.2, 0.25) is 11.6 Å². The van der Waals surface area contributed by atoms with Crippen molar-refractivity contribution in [2.75, 3.05) is 24.5 Å². The van der Waals surface area contributed by atoms with Crippen LogP contribution in [-0.2, 0) is 4.79 Å². The number of rotatable bonds is 5. The van der Waals surface area contributed by atoms with Gasteiger partial charge in [0.1, 0.15) is 17.4 Å². The van der Waals surface area contributed by atoms with Crippen LogP contribution in [-0.4, -0.2) is 35.5 Å². The average molecular weight is 407 g/mol. The van der Waals surface area contributed by atoms with E-state index in [0.717, 1.165) is 48.5 Å². The molecule has 1 aliphatic heterocycles. The first-order valence-corrected chi connectivity index (χ1v) is 10.8. The number of carbonyl (C=O) groups is 1. The zero-order chi connectivity index (χ0) is 21.3. The van der Waals surface area contributed by atoms with Crippen LogP contribution in [0.25, 0.3) is 11.1 Å². The Morgan fingerprint density at radius 1 is 1.17 bits per heavy atom. The van der Waals surface area contributed by atoms with Crippen molar-refractivity contribution in [3.05, 3.63) is 53.0 Å². The second-order valence-corrected chi connectivity index (χ2v) is 8.38. The molecule has 3 aromatic rings. The van der Waals surface area contributed by atoms with E-state index in [1.165, 1.54) is 5.56 Å². The van der Waals surface area contributed by atoms with Gasteiger partial charge in [-0.1, -0.05) is 37.3 Å². The Balaban J connectivity index is 1.38. The summed E-state index contributed by atoms with van der Waals surface area (Å²) in [5.74, 6) is 3.05. The molecule has 158 valence electrons. The Morgan fingerprint density at radius 3 is 2.57 bits per heavy atom. The smallest absolute Gasteiger partial charge is 0.231 e. The highest BCUT2D eigenvalue weighted by molar-refractivity contribution is 5.90. The van der Waals surface area contributed by atoms with E-state index in [4.69, 9.17) is 9.40 Å². The van der Waals surface area contributed by atoms with Crippen molar-refractivity contribution in [1.29, 1.82) is 0 Å². The molecule has 1 amide bonds. The van der Waals surface area contributed by atoms with Crippen LogP contribution >= 0.6 is 0 Å². The lowest BCUT2D eigenvalue weighted by Gasteiger charge is -2.32. The highest BCUT2D eigenvalue weighted by atomic mass is 16.3. The second kappa shape index (κ2) is 8.46. The van der Waals surface area contributed by atoms with Crippen molar-refractivity contribution in [1.82, 2.24) is 15.3 Å². The van der Waals surface area contributed by atoms with Crippen LogP contribution < -0.4 is 10.2 Å². The van der Waals surface area contributed by atoms with E-state index in [1.807, 2.05) is 32.0 Å². The number of aromatic nitrogens is 2. The maximum Gasteiger partial charge on any atom is 0.231 e. The molecule has 1 atom stereocenters. The van der Waals surface area contributed by atoms with Crippen LogP contribution in [0.15, 0.2) is 34.7 Å². The molecule has 0 radical (unpaired) electrons. The van der Waals surface area contributed by atoms with Gasteiger partial charge in [-0.05, 0) is 45.1 Å². The van der Waals surface area contributed by atoms with E-state index in [1.54, 1.807) is 0 Å². The monoisotopic (exact) mass is 406 g/mol. The predicted molar refractivity (Wildman–Crippen MR) is 119 cm³/mol. The molecule has 6 nitrogen and oxygen atoms in total. The lowest BCUT2D eigenvalue weighted by Crippen LogP contribution is -2.41. The van der Waals surface area contributed by atoms with E-state index >= 15 is 0 Å². The van der Waals surface area contributed by atoms with E-state index in [9.17, 15) is 4.79 Å². The van der Waals surface area contributed by atoms with Crippen LogP contribution in [0.3, 0.4) is 0 Å². The summed E-state index contributed by atoms with van der Waals surface area (Å²) < 4.78 is 5.82. The fraction of sp³-hybridized carbons (Fsp3) is 0.458. The van der Waals surface area contributed by atoms with E-state index < -0.39 is 0 Å². The van der Waals surface area contributed by atoms with Crippen molar-refractivity contribution < 1.29 is 9.21 Å². The summed E-state index contributed by atoms with van der Waals surface area (Å²) >= 11 is 0. The Kier molecular flexibility index (Phi) is 5.75. The fourth-order valence-electron chi connectivity index (χ4n) is 4.21. The van der Waals surface area contributed by atoms with Gasteiger partial charge < -0.3 is 14.6 Å². The normalized spacial score (nSPS) is 16.1. The van der Waals surface area contributed by atoms with Crippen molar-refractivity contribution in [2.45, 2.75) is 46.5 Å². The number of furan rings is 1. The molecule has 2 aromatic heterocycles. The third-order valence-electron chi connectivity index (χ3n) is 6.24. The van der Waals surface area contributed by atoms with E-state index in [0.29, 0.717) is 24.0 Å². The first-order chi connectivity index (χ1) is 14.4. The van der Waals surface area contributed by atoms with Crippen molar-refractivity contribution in [3.8, 4) is 0 Å². The first kappa shape index (κ1) is 20.4. The van der Waals surface area contributed by atoms with Gasteiger partial charge in [0.25, 0.3) is 0 Å². The highest BCUT2D eigenvalue weighted by Crippen LogP contribution is 2.33. The molecular formula is C24H30N4O2. The lowest BCUT2D eigenvalue weighted by atomic mass is 9.95. The lowest BCUT2D eigenvalue weighted by molar-refractivity contribution is -0.125. The number of carbonyl (C=O) groups excluding carboxylic acids is 1. The van der Waals surface area contributed by atoms with Crippen LogP contribution in [0.5, 0.6) is 0 Å². The number of amides is 1. The minimum atomic E-state index is 0.0508. The minimum absolute atomic E-state index is 0.0508. The van der Waals surface area contributed by atoms with Crippen LogP contribution in [0, 0.1) is 26.7 Å².